The maximum atomic E-state index is 13.0. The second kappa shape index (κ2) is 12.1. The summed E-state index contributed by atoms with van der Waals surface area (Å²) in [7, 11) is 0. The number of nitrogens with zero attached hydrogens (tertiary/aromatic N) is 3. The van der Waals surface area contributed by atoms with Gasteiger partial charge in [0.1, 0.15) is 0 Å². The number of amides is 2. The molecule has 0 saturated carbocycles. The van der Waals surface area contributed by atoms with E-state index in [0.717, 1.165) is 37.0 Å². The maximum absolute atomic E-state index is 13.0. The molecule has 7 nitrogen and oxygen atoms in total. The van der Waals surface area contributed by atoms with Crippen LogP contribution in [0.25, 0.3) is 10.8 Å². The fourth-order valence-corrected chi connectivity index (χ4v) is 4.37. The van der Waals surface area contributed by atoms with Crippen LogP contribution in [-0.2, 0) is 4.74 Å². The van der Waals surface area contributed by atoms with E-state index in [4.69, 9.17) is 4.74 Å². The number of hydrogen-bond donors (Lipinski definition) is 1. The lowest BCUT2D eigenvalue weighted by Gasteiger charge is -2.36. The zero-order chi connectivity index (χ0) is 22.0. The maximum Gasteiger partial charge on any atom is 0.261 e. The molecule has 2 heterocycles. The molecule has 1 atom stereocenters. The molecule has 2 aliphatic rings. The van der Waals surface area contributed by atoms with Crippen LogP contribution < -0.4 is 0 Å². The van der Waals surface area contributed by atoms with Crippen LogP contribution in [0.15, 0.2) is 36.4 Å². The van der Waals surface area contributed by atoms with E-state index in [1.54, 1.807) is 12.1 Å². The summed E-state index contributed by atoms with van der Waals surface area (Å²) in [5.74, 6) is -0.414. The first-order chi connectivity index (χ1) is 14.9. The first kappa shape index (κ1) is 27.5. The minimum atomic E-state index is -0.486. The molecule has 1 saturated heterocycles. The zero-order valence-electron chi connectivity index (χ0n) is 19.1. The molecular weight excluding hydrogens is 465 g/mol. The van der Waals surface area contributed by atoms with Gasteiger partial charge in [-0.2, -0.15) is 0 Å². The van der Waals surface area contributed by atoms with Gasteiger partial charge in [0.05, 0.1) is 18.8 Å². The molecule has 182 valence electrons. The van der Waals surface area contributed by atoms with Crippen molar-refractivity contribution >= 4 is 47.4 Å². The van der Waals surface area contributed by atoms with Gasteiger partial charge >= 0.3 is 0 Å². The van der Waals surface area contributed by atoms with Gasteiger partial charge in [0, 0.05) is 62.3 Å². The summed E-state index contributed by atoms with van der Waals surface area (Å²) in [5.41, 5.74) is 1.21. The van der Waals surface area contributed by atoms with E-state index < -0.39 is 6.10 Å². The summed E-state index contributed by atoms with van der Waals surface area (Å²) in [5, 5.41) is 11.8. The molecule has 0 radical (unpaired) electrons. The Bertz CT molecular complexity index is 913. The Morgan fingerprint density at radius 2 is 1.42 bits per heavy atom. The summed E-state index contributed by atoms with van der Waals surface area (Å²) in [6, 6.07) is 11.2. The van der Waals surface area contributed by atoms with Crippen LogP contribution in [0.5, 0.6) is 0 Å². The normalized spacial score (nSPS) is 17.8. The number of carbonyl (C=O) groups excluding carboxylic acids is 2. The van der Waals surface area contributed by atoms with Crippen molar-refractivity contribution in [3.63, 3.8) is 0 Å². The molecule has 0 bridgehead atoms. The Labute approximate surface area is 207 Å². The minimum Gasteiger partial charge on any atom is -0.389 e. The van der Waals surface area contributed by atoms with Crippen molar-refractivity contribution in [3.05, 3.63) is 47.5 Å². The summed E-state index contributed by atoms with van der Waals surface area (Å²) >= 11 is 0. The predicted octanol–water partition coefficient (Wildman–Crippen LogP) is 2.68. The fraction of sp³-hybridized carbons (Fsp3) is 0.500. The number of hydrogen-bond acceptors (Lipinski definition) is 6. The summed E-state index contributed by atoms with van der Waals surface area (Å²) in [6.07, 6.45) is -0.369. The van der Waals surface area contributed by atoms with Gasteiger partial charge in [-0.05, 0) is 31.4 Å². The van der Waals surface area contributed by atoms with Crippen LogP contribution in [-0.4, -0.2) is 96.2 Å². The molecule has 2 aromatic carbocycles. The average molecular weight is 498 g/mol. The number of benzene rings is 2. The second-order valence-electron chi connectivity index (χ2n) is 8.65. The number of β-amino-alcohol motifs (C(OH)–C–C–N with tert-alkyl or cyclic N) is 1. The molecule has 2 amide bonds. The molecule has 33 heavy (non-hydrogen) atoms. The third-order valence-corrected chi connectivity index (χ3v) is 6.05. The number of carbonyl (C=O) groups is 2. The number of aliphatic hydroxyl groups excluding tert-OH is 1. The fourth-order valence-electron chi connectivity index (χ4n) is 4.37. The van der Waals surface area contributed by atoms with Crippen molar-refractivity contribution < 1.29 is 19.4 Å². The smallest absolute Gasteiger partial charge is 0.261 e. The van der Waals surface area contributed by atoms with Gasteiger partial charge in [-0.3, -0.25) is 24.3 Å². The average Bonchev–Trinajstić information content (AvgIpc) is 2.77. The number of halogens is 2. The van der Waals surface area contributed by atoms with Gasteiger partial charge in [0.15, 0.2) is 0 Å². The molecule has 0 aromatic heterocycles. The Kier molecular flexibility index (Phi) is 10.1. The van der Waals surface area contributed by atoms with Gasteiger partial charge in [0.25, 0.3) is 11.8 Å². The van der Waals surface area contributed by atoms with Crippen molar-refractivity contribution in [2.75, 3.05) is 52.4 Å². The first-order valence-electron chi connectivity index (χ1n) is 11.1. The van der Waals surface area contributed by atoms with E-state index in [0.29, 0.717) is 37.4 Å². The van der Waals surface area contributed by atoms with Crippen LogP contribution in [0.1, 0.15) is 34.6 Å². The van der Waals surface area contributed by atoms with E-state index in [9.17, 15) is 14.7 Å². The quantitative estimate of drug-likeness (QED) is 0.565. The largest absolute Gasteiger partial charge is 0.389 e. The molecule has 1 N–H and O–H groups in total. The highest BCUT2D eigenvalue weighted by Crippen LogP contribution is 2.29. The topological polar surface area (TPSA) is 73.3 Å². The molecule has 2 aromatic rings. The van der Waals surface area contributed by atoms with E-state index in [-0.39, 0.29) is 42.7 Å². The van der Waals surface area contributed by atoms with Crippen LogP contribution >= 0.6 is 24.8 Å². The minimum absolute atomic E-state index is 0. The van der Waals surface area contributed by atoms with Gasteiger partial charge < -0.3 is 9.84 Å². The lowest BCUT2D eigenvalue weighted by atomic mass is 9.94. The van der Waals surface area contributed by atoms with Gasteiger partial charge in [-0.25, -0.2) is 0 Å². The highest BCUT2D eigenvalue weighted by atomic mass is 35.5. The molecule has 2 aliphatic heterocycles. The van der Waals surface area contributed by atoms with Crippen LogP contribution in [0, 0.1) is 0 Å². The lowest BCUT2D eigenvalue weighted by molar-refractivity contribution is -0.0147. The summed E-state index contributed by atoms with van der Waals surface area (Å²) in [6.45, 7) is 9.31. The van der Waals surface area contributed by atoms with Crippen LogP contribution in [0.2, 0.25) is 0 Å². The Balaban J connectivity index is 0.00000193. The van der Waals surface area contributed by atoms with E-state index in [2.05, 4.69) is 9.80 Å². The highest BCUT2D eigenvalue weighted by molar-refractivity contribution is 6.25. The Morgan fingerprint density at radius 1 is 0.879 bits per heavy atom. The summed E-state index contributed by atoms with van der Waals surface area (Å²) < 4.78 is 5.48. The number of imide groups is 1. The second-order valence-corrected chi connectivity index (χ2v) is 8.65. The first-order valence-corrected chi connectivity index (χ1v) is 11.1. The number of piperazine rings is 1. The lowest BCUT2D eigenvalue weighted by Crippen LogP contribution is -2.51. The van der Waals surface area contributed by atoms with E-state index in [1.807, 2.05) is 38.1 Å². The SMILES string of the molecule is CC(C)OCC(O)CN1CCN(CCN2C(=O)c3cccc4cccc(c34)C2=O)CC1.Cl.Cl. The Hall–Kier alpha value is -1.74. The molecular formula is C24H33Cl2N3O4. The van der Waals surface area contributed by atoms with Crippen LogP contribution in [0.4, 0.5) is 0 Å². The van der Waals surface area contributed by atoms with Crippen molar-refractivity contribution in [2.45, 2.75) is 26.1 Å². The van der Waals surface area contributed by atoms with Crippen molar-refractivity contribution in [3.8, 4) is 0 Å². The predicted molar refractivity (Wildman–Crippen MR) is 134 cm³/mol. The van der Waals surface area contributed by atoms with Crippen molar-refractivity contribution in [2.24, 2.45) is 0 Å². The molecule has 4 rings (SSSR count). The standard InChI is InChI=1S/C24H31N3O4.2ClH/c1-17(2)31-16-19(28)15-26-11-9-25(10-12-26)13-14-27-23(29)20-7-3-5-18-6-4-8-21(22(18)20)24(27)30;;/h3-8,17,19,28H,9-16H2,1-2H3;2*1H. The van der Waals surface area contributed by atoms with Crippen molar-refractivity contribution in [1.82, 2.24) is 14.7 Å². The number of aliphatic hydroxyl groups is 1. The summed E-state index contributed by atoms with van der Waals surface area (Å²) in [4.78, 5) is 31.9. The third-order valence-electron chi connectivity index (χ3n) is 6.05. The van der Waals surface area contributed by atoms with Gasteiger partial charge in [-0.15, -0.1) is 24.8 Å². The van der Waals surface area contributed by atoms with Crippen LogP contribution in [0.3, 0.4) is 0 Å². The van der Waals surface area contributed by atoms with E-state index >= 15 is 0 Å². The molecule has 1 fully saturated rings. The van der Waals surface area contributed by atoms with Gasteiger partial charge in [-0.1, -0.05) is 24.3 Å². The number of rotatable bonds is 8. The van der Waals surface area contributed by atoms with E-state index in [1.165, 1.54) is 4.90 Å². The Morgan fingerprint density at radius 3 is 1.97 bits per heavy atom. The molecule has 0 spiro atoms. The third kappa shape index (κ3) is 6.23. The van der Waals surface area contributed by atoms with Crippen molar-refractivity contribution in [1.29, 1.82) is 0 Å². The number of ether oxygens (including phenoxy) is 1. The molecule has 0 aliphatic carbocycles. The monoisotopic (exact) mass is 497 g/mol. The van der Waals surface area contributed by atoms with Gasteiger partial charge in [0.2, 0.25) is 0 Å². The zero-order valence-corrected chi connectivity index (χ0v) is 20.7. The highest BCUT2D eigenvalue weighted by Gasteiger charge is 2.32. The molecule has 9 heteroatoms. The molecule has 1 unspecified atom stereocenters.